The van der Waals surface area contributed by atoms with Gasteiger partial charge in [-0.2, -0.15) is 5.10 Å². The molecule has 0 aliphatic heterocycles. The molecule has 16 heavy (non-hydrogen) atoms. The number of rotatable bonds is 4. The van der Waals surface area contributed by atoms with E-state index >= 15 is 0 Å². The predicted molar refractivity (Wildman–Crippen MR) is 68.3 cm³/mol. The molecular weight excluding hydrogens is 198 g/mol. The molecule has 0 aliphatic carbocycles. The van der Waals surface area contributed by atoms with Crippen molar-refractivity contribution in [1.82, 2.24) is 15.5 Å². The van der Waals surface area contributed by atoms with Crippen LogP contribution in [0.15, 0.2) is 6.20 Å². The second-order valence-corrected chi connectivity index (χ2v) is 6.50. The van der Waals surface area contributed by atoms with Gasteiger partial charge in [0, 0.05) is 23.3 Å². The Balaban J connectivity index is 2.51. The monoisotopic (exact) mass is 223 g/mol. The lowest BCUT2D eigenvalue weighted by Gasteiger charge is -2.33. The van der Waals surface area contributed by atoms with Crippen molar-refractivity contribution in [2.45, 2.75) is 60.0 Å². The number of nitrogens with one attached hydrogen (secondary N) is 2. The number of aromatic nitrogens is 2. The molecule has 0 bridgehead atoms. The second-order valence-electron chi connectivity index (χ2n) is 6.50. The molecule has 3 heteroatoms. The topological polar surface area (TPSA) is 40.7 Å². The van der Waals surface area contributed by atoms with E-state index in [1.165, 1.54) is 5.56 Å². The van der Waals surface area contributed by atoms with E-state index in [1.807, 2.05) is 6.20 Å². The molecule has 0 spiro atoms. The zero-order chi connectivity index (χ0) is 12.4. The van der Waals surface area contributed by atoms with Crippen LogP contribution in [-0.2, 0) is 6.54 Å². The summed E-state index contributed by atoms with van der Waals surface area (Å²) >= 11 is 0. The molecule has 1 rings (SSSR count). The van der Waals surface area contributed by atoms with Crippen molar-refractivity contribution < 1.29 is 0 Å². The molecule has 2 N–H and O–H groups in total. The van der Waals surface area contributed by atoms with Gasteiger partial charge in [-0.05, 0) is 32.6 Å². The minimum absolute atomic E-state index is 0.155. The summed E-state index contributed by atoms with van der Waals surface area (Å²) in [4.78, 5) is 0. The third-order valence-corrected chi connectivity index (χ3v) is 2.66. The highest BCUT2D eigenvalue weighted by atomic mass is 15.1. The number of aryl methyl sites for hydroxylation is 1. The summed E-state index contributed by atoms with van der Waals surface area (Å²) in [6, 6.07) is 0. The van der Waals surface area contributed by atoms with E-state index in [2.05, 4.69) is 57.1 Å². The normalized spacial score (nSPS) is 13.1. The van der Waals surface area contributed by atoms with E-state index in [0.717, 1.165) is 18.7 Å². The highest BCUT2D eigenvalue weighted by Crippen LogP contribution is 2.27. The summed E-state index contributed by atoms with van der Waals surface area (Å²) in [5.74, 6) is 0. The Morgan fingerprint density at radius 1 is 1.25 bits per heavy atom. The van der Waals surface area contributed by atoms with Crippen molar-refractivity contribution >= 4 is 0 Å². The Kier molecular flexibility index (Phi) is 3.79. The summed E-state index contributed by atoms with van der Waals surface area (Å²) in [5, 5.41) is 10.6. The Morgan fingerprint density at radius 3 is 2.31 bits per heavy atom. The Morgan fingerprint density at radius 2 is 1.88 bits per heavy atom. The van der Waals surface area contributed by atoms with Gasteiger partial charge in [-0.1, -0.05) is 20.8 Å². The molecule has 0 aliphatic rings. The maximum atomic E-state index is 4.03. The Bertz CT molecular complexity index is 331. The van der Waals surface area contributed by atoms with Crippen molar-refractivity contribution in [3.05, 3.63) is 17.5 Å². The molecule has 3 nitrogen and oxygen atoms in total. The molecule has 0 unspecified atom stereocenters. The standard InChI is InChI=1S/C13H25N3/c1-10-11(8-15-16-10)7-14-13(5,6)9-12(2,3)4/h8,14H,7,9H2,1-6H3,(H,15,16). The van der Waals surface area contributed by atoms with E-state index in [-0.39, 0.29) is 5.54 Å². The molecule has 1 aromatic heterocycles. The number of nitrogens with zero attached hydrogens (tertiary/aromatic N) is 1. The predicted octanol–water partition coefficient (Wildman–Crippen LogP) is 3.02. The second kappa shape index (κ2) is 4.58. The van der Waals surface area contributed by atoms with E-state index in [0.29, 0.717) is 5.41 Å². The zero-order valence-corrected chi connectivity index (χ0v) is 11.4. The van der Waals surface area contributed by atoms with Crippen molar-refractivity contribution in [2.24, 2.45) is 5.41 Å². The van der Waals surface area contributed by atoms with Crippen molar-refractivity contribution in [3.8, 4) is 0 Å². The average Bonchev–Trinajstić information content (AvgIpc) is 2.43. The fourth-order valence-electron chi connectivity index (χ4n) is 2.28. The summed E-state index contributed by atoms with van der Waals surface area (Å²) in [7, 11) is 0. The third-order valence-electron chi connectivity index (χ3n) is 2.66. The van der Waals surface area contributed by atoms with Gasteiger partial charge in [0.15, 0.2) is 0 Å². The van der Waals surface area contributed by atoms with Crippen molar-refractivity contribution in [3.63, 3.8) is 0 Å². The SMILES string of the molecule is Cc1[nH]ncc1CNC(C)(C)CC(C)(C)C. The van der Waals surface area contributed by atoms with Crippen molar-refractivity contribution in [2.75, 3.05) is 0 Å². The highest BCUT2D eigenvalue weighted by Gasteiger charge is 2.24. The fraction of sp³-hybridized carbons (Fsp3) is 0.769. The van der Waals surface area contributed by atoms with Gasteiger partial charge in [0.25, 0.3) is 0 Å². The van der Waals surface area contributed by atoms with Gasteiger partial charge in [-0.15, -0.1) is 0 Å². The first-order chi connectivity index (χ1) is 7.20. The fourth-order valence-corrected chi connectivity index (χ4v) is 2.28. The molecule has 92 valence electrons. The molecule has 0 saturated carbocycles. The maximum absolute atomic E-state index is 4.03. The highest BCUT2D eigenvalue weighted by molar-refractivity contribution is 5.14. The molecule has 0 amide bonds. The van der Waals surface area contributed by atoms with Crippen LogP contribution < -0.4 is 5.32 Å². The molecule has 0 fully saturated rings. The van der Waals surface area contributed by atoms with Crippen LogP contribution in [-0.4, -0.2) is 15.7 Å². The first-order valence-electron chi connectivity index (χ1n) is 5.93. The van der Waals surface area contributed by atoms with E-state index in [1.54, 1.807) is 0 Å². The maximum Gasteiger partial charge on any atom is 0.0535 e. The number of hydrogen-bond acceptors (Lipinski definition) is 2. The van der Waals surface area contributed by atoms with Crippen LogP contribution in [0.3, 0.4) is 0 Å². The smallest absolute Gasteiger partial charge is 0.0535 e. The minimum Gasteiger partial charge on any atom is -0.308 e. The van der Waals surface area contributed by atoms with Gasteiger partial charge >= 0.3 is 0 Å². The van der Waals surface area contributed by atoms with E-state index < -0.39 is 0 Å². The van der Waals surface area contributed by atoms with Crippen LogP contribution in [0.25, 0.3) is 0 Å². The molecule has 1 aromatic rings. The third kappa shape index (κ3) is 4.35. The van der Waals surface area contributed by atoms with Gasteiger partial charge in [0.05, 0.1) is 6.20 Å². The lowest BCUT2D eigenvalue weighted by atomic mass is 9.82. The van der Waals surface area contributed by atoms with Gasteiger partial charge in [0.1, 0.15) is 0 Å². The molecule has 0 radical (unpaired) electrons. The lowest BCUT2D eigenvalue weighted by Crippen LogP contribution is -2.41. The first-order valence-corrected chi connectivity index (χ1v) is 5.93. The van der Waals surface area contributed by atoms with Crippen LogP contribution in [0, 0.1) is 12.3 Å². The summed E-state index contributed by atoms with van der Waals surface area (Å²) in [6.07, 6.45) is 3.05. The van der Waals surface area contributed by atoms with Gasteiger partial charge < -0.3 is 5.32 Å². The van der Waals surface area contributed by atoms with Crippen molar-refractivity contribution in [1.29, 1.82) is 0 Å². The quantitative estimate of drug-likeness (QED) is 0.823. The van der Waals surface area contributed by atoms with Gasteiger partial charge in [0.2, 0.25) is 0 Å². The minimum atomic E-state index is 0.155. The zero-order valence-electron chi connectivity index (χ0n) is 11.4. The first kappa shape index (κ1) is 13.2. The van der Waals surface area contributed by atoms with Gasteiger partial charge in [-0.25, -0.2) is 0 Å². The average molecular weight is 223 g/mol. The van der Waals surface area contributed by atoms with Crippen LogP contribution >= 0.6 is 0 Å². The molecule has 0 atom stereocenters. The summed E-state index contributed by atoms with van der Waals surface area (Å²) in [6.45, 7) is 14.3. The van der Waals surface area contributed by atoms with Gasteiger partial charge in [-0.3, -0.25) is 5.10 Å². The van der Waals surface area contributed by atoms with Crippen LogP contribution in [0.1, 0.15) is 52.3 Å². The summed E-state index contributed by atoms with van der Waals surface area (Å²) in [5.41, 5.74) is 2.91. The molecule has 0 saturated heterocycles. The van der Waals surface area contributed by atoms with Crippen LogP contribution in [0.5, 0.6) is 0 Å². The molecule has 1 heterocycles. The molecule has 0 aromatic carbocycles. The molecular formula is C13H25N3. The van der Waals surface area contributed by atoms with E-state index in [4.69, 9.17) is 0 Å². The number of H-pyrrole nitrogens is 1. The van der Waals surface area contributed by atoms with Crippen LogP contribution in [0.2, 0.25) is 0 Å². The lowest BCUT2D eigenvalue weighted by molar-refractivity contribution is 0.240. The summed E-state index contributed by atoms with van der Waals surface area (Å²) < 4.78 is 0. The van der Waals surface area contributed by atoms with E-state index in [9.17, 15) is 0 Å². The Hall–Kier alpha value is -0.830. The Labute approximate surface area is 99.0 Å². The number of hydrogen-bond donors (Lipinski definition) is 2. The largest absolute Gasteiger partial charge is 0.308 e. The van der Waals surface area contributed by atoms with Crippen LogP contribution in [0.4, 0.5) is 0 Å². The number of aromatic amines is 1.